The molecule has 1 amide bonds. The highest BCUT2D eigenvalue weighted by Crippen LogP contribution is 2.13. The maximum atomic E-state index is 11.8. The van der Waals surface area contributed by atoms with Crippen molar-refractivity contribution in [2.24, 2.45) is 11.8 Å². The second kappa shape index (κ2) is 5.82. The fourth-order valence-corrected chi connectivity index (χ4v) is 2.75. The Morgan fingerprint density at radius 1 is 1.29 bits per heavy atom. The van der Waals surface area contributed by atoms with Crippen LogP contribution >= 0.6 is 0 Å². The van der Waals surface area contributed by atoms with Gasteiger partial charge in [0.1, 0.15) is 0 Å². The molecule has 6 heteroatoms. The van der Waals surface area contributed by atoms with E-state index in [-0.39, 0.29) is 11.8 Å². The number of rotatable bonds is 6. The van der Waals surface area contributed by atoms with E-state index < -0.39 is 21.4 Å². The standard InChI is InChI=1S/C11H23NO4S/c1-8(2)6-9(3)10(13)12-11(4,5)7-17(14,15)16/h8-9H,6-7H2,1-5H3,(H,12,13)(H,14,15,16). The van der Waals surface area contributed by atoms with Gasteiger partial charge in [0, 0.05) is 5.92 Å². The Labute approximate surface area is 104 Å². The molecular formula is C11H23NO4S. The second-order valence-corrected chi connectivity index (χ2v) is 7.08. The molecule has 0 fully saturated rings. The second-order valence-electron chi connectivity index (χ2n) is 5.63. The van der Waals surface area contributed by atoms with Gasteiger partial charge >= 0.3 is 0 Å². The highest BCUT2D eigenvalue weighted by Gasteiger charge is 2.28. The molecule has 0 bridgehead atoms. The van der Waals surface area contributed by atoms with Crippen LogP contribution in [-0.4, -0.2) is 30.2 Å². The monoisotopic (exact) mass is 265 g/mol. The number of carbonyl (C=O) groups is 1. The first-order chi connectivity index (χ1) is 7.43. The summed E-state index contributed by atoms with van der Waals surface area (Å²) in [6, 6.07) is 0. The minimum atomic E-state index is -4.09. The zero-order chi connectivity index (χ0) is 13.9. The zero-order valence-electron chi connectivity index (χ0n) is 11.1. The van der Waals surface area contributed by atoms with Crippen molar-refractivity contribution < 1.29 is 17.8 Å². The highest BCUT2D eigenvalue weighted by atomic mass is 32.2. The molecule has 5 nitrogen and oxygen atoms in total. The molecule has 0 aliphatic carbocycles. The molecule has 1 atom stereocenters. The van der Waals surface area contributed by atoms with Crippen LogP contribution in [0, 0.1) is 11.8 Å². The van der Waals surface area contributed by atoms with Crippen LogP contribution < -0.4 is 5.32 Å². The maximum absolute atomic E-state index is 11.8. The third-order valence-corrected chi connectivity index (χ3v) is 3.36. The molecule has 0 heterocycles. The van der Waals surface area contributed by atoms with Crippen molar-refractivity contribution in [1.29, 1.82) is 0 Å². The Morgan fingerprint density at radius 2 is 1.76 bits per heavy atom. The first-order valence-electron chi connectivity index (χ1n) is 5.70. The van der Waals surface area contributed by atoms with E-state index in [0.717, 1.165) is 6.42 Å². The molecule has 2 N–H and O–H groups in total. The molecule has 0 saturated heterocycles. The average molecular weight is 265 g/mol. The topological polar surface area (TPSA) is 83.5 Å². The summed E-state index contributed by atoms with van der Waals surface area (Å²) in [5.74, 6) is -0.441. The lowest BCUT2D eigenvalue weighted by Gasteiger charge is -2.27. The van der Waals surface area contributed by atoms with Crippen molar-refractivity contribution >= 4 is 16.0 Å². The summed E-state index contributed by atoms with van der Waals surface area (Å²) in [6.07, 6.45) is 0.744. The molecule has 0 radical (unpaired) electrons. The number of amides is 1. The fraction of sp³-hybridized carbons (Fsp3) is 0.909. The minimum Gasteiger partial charge on any atom is -0.350 e. The van der Waals surface area contributed by atoms with Crippen LogP contribution in [0.1, 0.15) is 41.0 Å². The van der Waals surface area contributed by atoms with Gasteiger partial charge in [0.15, 0.2) is 0 Å². The van der Waals surface area contributed by atoms with E-state index in [1.165, 1.54) is 0 Å². The number of carbonyl (C=O) groups excluding carboxylic acids is 1. The predicted molar refractivity (Wildman–Crippen MR) is 67.3 cm³/mol. The largest absolute Gasteiger partial charge is 0.350 e. The van der Waals surface area contributed by atoms with Crippen molar-refractivity contribution in [2.45, 2.75) is 46.6 Å². The Morgan fingerprint density at radius 3 is 2.12 bits per heavy atom. The van der Waals surface area contributed by atoms with Crippen LogP contribution in [0.2, 0.25) is 0 Å². The Bertz CT molecular complexity index is 360. The SMILES string of the molecule is CC(C)CC(C)C(=O)NC(C)(C)CS(=O)(=O)O. The van der Waals surface area contributed by atoms with E-state index in [2.05, 4.69) is 5.32 Å². The van der Waals surface area contributed by atoms with E-state index in [1.807, 2.05) is 13.8 Å². The Hall–Kier alpha value is -0.620. The summed E-state index contributed by atoms with van der Waals surface area (Å²) in [4.78, 5) is 11.8. The number of hydrogen-bond donors (Lipinski definition) is 2. The molecule has 17 heavy (non-hydrogen) atoms. The van der Waals surface area contributed by atoms with Gasteiger partial charge in [0.05, 0.1) is 11.3 Å². The lowest BCUT2D eigenvalue weighted by atomic mass is 9.97. The Kier molecular flexibility index (Phi) is 5.61. The van der Waals surface area contributed by atoms with Crippen molar-refractivity contribution in [3.8, 4) is 0 Å². The summed E-state index contributed by atoms with van der Waals surface area (Å²) in [6.45, 7) is 8.99. The minimum absolute atomic E-state index is 0.171. The lowest BCUT2D eigenvalue weighted by molar-refractivity contribution is -0.126. The molecule has 0 aromatic carbocycles. The van der Waals surface area contributed by atoms with Gasteiger partial charge < -0.3 is 5.32 Å². The van der Waals surface area contributed by atoms with Crippen molar-refractivity contribution in [2.75, 3.05) is 5.75 Å². The molecule has 0 rings (SSSR count). The van der Waals surface area contributed by atoms with Gasteiger partial charge in [-0.3, -0.25) is 9.35 Å². The highest BCUT2D eigenvalue weighted by molar-refractivity contribution is 7.85. The molecule has 0 aliphatic heterocycles. The van der Waals surface area contributed by atoms with Gasteiger partial charge in [0.25, 0.3) is 10.1 Å². The molecule has 0 saturated carbocycles. The summed E-state index contributed by atoms with van der Waals surface area (Å²) >= 11 is 0. The molecular weight excluding hydrogens is 242 g/mol. The van der Waals surface area contributed by atoms with Crippen molar-refractivity contribution in [3.63, 3.8) is 0 Å². The average Bonchev–Trinajstić information content (AvgIpc) is 1.95. The molecule has 0 spiro atoms. The van der Waals surface area contributed by atoms with E-state index >= 15 is 0 Å². The molecule has 1 unspecified atom stereocenters. The third kappa shape index (κ3) is 8.15. The van der Waals surface area contributed by atoms with Crippen LogP contribution in [0.5, 0.6) is 0 Å². The molecule has 102 valence electrons. The zero-order valence-corrected chi connectivity index (χ0v) is 12.0. The van der Waals surface area contributed by atoms with Crippen molar-refractivity contribution in [1.82, 2.24) is 5.32 Å². The van der Waals surface area contributed by atoms with Crippen LogP contribution in [0.25, 0.3) is 0 Å². The third-order valence-electron chi connectivity index (χ3n) is 2.28. The van der Waals surface area contributed by atoms with E-state index in [1.54, 1.807) is 20.8 Å². The van der Waals surface area contributed by atoms with Crippen molar-refractivity contribution in [3.05, 3.63) is 0 Å². The summed E-state index contributed by atoms with van der Waals surface area (Å²) < 4.78 is 30.3. The van der Waals surface area contributed by atoms with Gasteiger partial charge in [-0.05, 0) is 26.2 Å². The van der Waals surface area contributed by atoms with E-state index in [9.17, 15) is 13.2 Å². The Balaban J connectivity index is 4.46. The van der Waals surface area contributed by atoms with Gasteiger partial charge in [-0.25, -0.2) is 0 Å². The van der Waals surface area contributed by atoms with Gasteiger partial charge in [-0.15, -0.1) is 0 Å². The molecule has 0 aromatic heterocycles. The van der Waals surface area contributed by atoms with Gasteiger partial charge in [0.2, 0.25) is 5.91 Å². The van der Waals surface area contributed by atoms with Crippen LogP contribution in [0.15, 0.2) is 0 Å². The molecule has 0 aliphatic rings. The first-order valence-corrected chi connectivity index (χ1v) is 7.31. The number of hydrogen-bond acceptors (Lipinski definition) is 3. The summed E-state index contributed by atoms with van der Waals surface area (Å²) in [7, 11) is -4.09. The number of nitrogens with one attached hydrogen (secondary N) is 1. The van der Waals surface area contributed by atoms with Gasteiger partial charge in [-0.1, -0.05) is 20.8 Å². The van der Waals surface area contributed by atoms with E-state index in [0.29, 0.717) is 5.92 Å². The van der Waals surface area contributed by atoms with Gasteiger partial charge in [-0.2, -0.15) is 8.42 Å². The van der Waals surface area contributed by atoms with Crippen LogP contribution in [0.4, 0.5) is 0 Å². The lowest BCUT2D eigenvalue weighted by Crippen LogP contribution is -2.50. The van der Waals surface area contributed by atoms with E-state index in [4.69, 9.17) is 4.55 Å². The molecule has 0 aromatic rings. The summed E-state index contributed by atoms with van der Waals surface area (Å²) in [5, 5.41) is 2.64. The normalized spacial score (nSPS) is 14.8. The van der Waals surface area contributed by atoms with Crippen LogP contribution in [0.3, 0.4) is 0 Å². The quantitative estimate of drug-likeness (QED) is 0.712. The first kappa shape index (κ1) is 16.4. The smallest absolute Gasteiger partial charge is 0.267 e. The fourth-order valence-electron chi connectivity index (χ4n) is 1.76. The maximum Gasteiger partial charge on any atom is 0.267 e. The summed E-state index contributed by atoms with van der Waals surface area (Å²) in [5.41, 5.74) is -0.962. The van der Waals surface area contributed by atoms with Crippen LogP contribution in [-0.2, 0) is 14.9 Å². The predicted octanol–water partition coefficient (Wildman–Crippen LogP) is 1.45.